The Balaban J connectivity index is 4.46. The molecule has 0 heterocycles. The molecule has 0 aliphatic heterocycles. The lowest BCUT2D eigenvalue weighted by molar-refractivity contribution is -0.137. The van der Waals surface area contributed by atoms with Crippen LogP contribution in [0.3, 0.4) is 0 Å². The smallest absolute Gasteiger partial charge is 0.303 e. The normalized spacial score (nSPS) is 12.6. The number of carbonyl (C=O) groups is 1. The van der Waals surface area contributed by atoms with E-state index in [-0.39, 0.29) is 25.2 Å². The SMILES string of the molecule is CCC(CC)(CO)NS(=O)(=O)CCCC(=O)O. The Bertz CT molecular complexity index is 326. The molecule has 0 amide bonds. The van der Waals surface area contributed by atoms with Gasteiger partial charge in [-0.2, -0.15) is 0 Å². The van der Waals surface area contributed by atoms with Crippen LogP contribution in [-0.2, 0) is 14.8 Å². The zero-order chi connectivity index (χ0) is 13.5. The van der Waals surface area contributed by atoms with E-state index in [0.717, 1.165) is 0 Å². The number of carboxylic acid groups (broad SMARTS) is 1. The summed E-state index contributed by atoms with van der Waals surface area (Å²) < 4.78 is 25.8. The second-order valence-electron chi connectivity index (χ2n) is 4.06. The largest absolute Gasteiger partial charge is 0.481 e. The number of nitrogens with one attached hydrogen (secondary N) is 1. The lowest BCUT2D eigenvalue weighted by Gasteiger charge is -2.30. The van der Waals surface area contributed by atoms with E-state index in [9.17, 15) is 18.3 Å². The van der Waals surface area contributed by atoms with Gasteiger partial charge in [0.25, 0.3) is 0 Å². The van der Waals surface area contributed by atoms with E-state index < -0.39 is 21.5 Å². The Morgan fingerprint density at radius 1 is 1.29 bits per heavy atom. The number of aliphatic hydroxyl groups excluding tert-OH is 1. The van der Waals surface area contributed by atoms with Crippen molar-refractivity contribution in [3.8, 4) is 0 Å². The Kier molecular flexibility index (Phi) is 6.66. The summed E-state index contributed by atoms with van der Waals surface area (Å²) in [7, 11) is -3.54. The summed E-state index contributed by atoms with van der Waals surface area (Å²) in [4.78, 5) is 10.3. The van der Waals surface area contributed by atoms with Crippen molar-refractivity contribution < 1.29 is 23.4 Å². The molecule has 0 unspecified atom stereocenters. The zero-order valence-corrected chi connectivity index (χ0v) is 11.1. The monoisotopic (exact) mass is 267 g/mol. The average molecular weight is 267 g/mol. The molecule has 0 aliphatic carbocycles. The molecule has 0 saturated heterocycles. The molecule has 102 valence electrons. The van der Waals surface area contributed by atoms with E-state index in [1.165, 1.54) is 0 Å². The highest BCUT2D eigenvalue weighted by Crippen LogP contribution is 2.16. The van der Waals surface area contributed by atoms with Gasteiger partial charge in [0.05, 0.1) is 17.9 Å². The van der Waals surface area contributed by atoms with Crippen LogP contribution < -0.4 is 4.72 Å². The van der Waals surface area contributed by atoms with Gasteiger partial charge in [0.15, 0.2) is 0 Å². The van der Waals surface area contributed by atoms with Gasteiger partial charge in [0.2, 0.25) is 10.0 Å². The molecule has 3 N–H and O–H groups in total. The predicted molar refractivity (Wildman–Crippen MR) is 64.2 cm³/mol. The molecule has 0 saturated carbocycles. The van der Waals surface area contributed by atoms with Crippen molar-refractivity contribution in [3.05, 3.63) is 0 Å². The molecule has 6 nitrogen and oxygen atoms in total. The quantitative estimate of drug-likeness (QED) is 0.558. The van der Waals surface area contributed by atoms with E-state index in [4.69, 9.17) is 5.11 Å². The van der Waals surface area contributed by atoms with Gasteiger partial charge in [-0.15, -0.1) is 0 Å². The Hall–Kier alpha value is -0.660. The fraction of sp³-hybridized carbons (Fsp3) is 0.900. The fourth-order valence-corrected chi connectivity index (χ4v) is 3.08. The predicted octanol–water partition coefficient (Wildman–Crippen LogP) is 0.322. The summed E-state index contributed by atoms with van der Waals surface area (Å²) in [6.07, 6.45) is 0.862. The highest BCUT2D eigenvalue weighted by atomic mass is 32.2. The van der Waals surface area contributed by atoms with Crippen molar-refractivity contribution in [1.82, 2.24) is 4.72 Å². The maximum Gasteiger partial charge on any atom is 0.303 e. The first-order valence-corrected chi connectivity index (χ1v) is 7.30. The van der Waals surface area contributed by atoms with E-state index in [2.05, 4.69) is 4.72 Å². The van der Waals surface area contributed by atoms with Gasteiger partial charge in [-0.05, 0) is 19.3 Å². The second-order valence-corrected chi connectivity index (χ2v) is 5.91. The van der Waals surface area contributed by atoms with Gasteiger partial charge in [0.1, 0.15) is 0 Å². The summed E-state index contributed by atoms with van der Waals surface area (Å²) in [5.74, 6) is -1.25. The molecule has 0 aromatic rings. The third-order valence-electron chi connectivity index (χ3n) is 2.83. The first-order valence-electron chi connectivity index (χ1n) is 5.65. The van der Waals surface area contributed by atoms with Gasteiger partial charge < -0.3 is 10.2 Å². The first-order chi connectivity index (χ1) is 7.81. The number of aliphatic carboxylic acids is 1. The van der Waals surface area contributed by atoms with Gasteiger partial charge in [-0.3, -0.25) is 4.79 Å². The minimum atomic E-state index is -3.54. The van der Waals surface area contributed by atoms with E-state index in [0.29, 0.717) is 12.8 Å². The maximum atomic E-state index is 11.7. The van der Waals surface area contributed by atoms with Crippen LogP contribution in [0.1, 0.15) is 39.5 Å². The summed E-state index contributed by atoms with van der Waals surface area (Å²) in [5.41, 5.74) is -0.831. The fourth-order valence-electron chi connectivity index (χ4n) is 1.44. The minimum absolute atomic E-state index is 0.0691. The highest BCUT2D eigenvalue weighted by Gasteiger charge is 2.30. The van der Waals surface area contributed by atoms with E-state index in [1.54, 1.807) is 13.8 Å². The molecule has 7 heteroatoms. The molecule has 0 rings (SSSR count). The summed E-state index contributed by atoms with van der Waals surface area (Å²) in [6.45, 7) is 3.32. The summed E-state index contributed by atoms with van der Waals surface area (Å²) in [6, 6.07) is 0. The molecule has 0 fully saturated rings. The molecular formula is C10H21NO5S. The third-order valence-corrected chi connectivity index (χ3v) is 4.40. The van der Waals surface area contributed by atoms with Gasteiger partial charge in [-0.25, -0.2) is 13.1 Å². The zero-order valence-electron chi connectivity index (χ0n) is 10.3. The minimum Gasteiger partial charge on any atom is -0.481 e. The van der Waals surface area contributed by atoms with Crippen LogP contribution >= 0.6 is 0 Å². The lowest BCUT2D eigenvalue weighted by Crippen LogP contribution is -2.51. The van der Waals surface area contributed by atoms with Crippen LogP contribution in [0, 0.1) is 0 Å². The Labute approximate surface area is 102 Å². The highest BCUT2D eigenvalue weighted by molar-refractivity contribution is 7.89. The van der Waals surface area contributed by atoms with Crippen LogP contribution in [0.15, 0.2) is 0 Å². The van der Waals surface area contributed by atoms with E-state index in [1.807, 2.05) is 0 Å². The molecule has 0 bridgehead atoms. The number of aliphatic hydroxyl groups is 1. The number of carboxylic acids is 1. The standard InChI is InChI=1S/C10H21NO5S/c1-3-10(4-2,8-12)11-17(15,16)7-5-6-9(13)14/h11-12H,3-8H2,1-2H3,(H,13,14). The van der Waals surface area contributed by atoms with Crippen LogP contribution in [0.5, 0.6) is 0 Å². The van der Waals surface area contributed by atoms with Crippen molar-refractivity contribution in [1.29, 1.82) is 0 Å². The second kappa shape index (κ2) is 6.93. The van der Waals surface area contributed by atoms with Gasteiger partial charge >= 0.3 is 5.97 Å². The lowest BCUT2D eigenvalue weighted by atomic mass is 9.96. The third kappa shape index (κ3) is 5.99. The number of hydrogen-bond acceptors (Lipinski definition) is 4. The van der Waals surface area contributed by atoms with Crippen molar-refractivity contribution in [2.24, 2.45) is 0 Å². The average Bonchev–Trinajstić information content (AvgIpc) is 2.25. The van der Waals surface area contributed by atoms with Crippen LogP contribution in [0.4, 0.5) is 0 Å². The number of rotatable bonds is 9. The van der Waals surface area contributed by atoms with Crippen molar-refractivity contribution >= 4 is 16.0 Å². The van der Waals surface area contributed by atoms with Crippen molar-refractivity contribution in [2.45, 2.75) is 45.1 Å². The van der Waals surface area contributed by atoms with Gasteiger partial charge in [0, 0.05) is 6.42 Å². The number of sulfonamides is 1. The molecule has 0 radical (unpaired) electrons. The van der Waals surface area contributed by atoms with Gasteiger partial charge in [-0.1, -0.05) is 13.8 Å². The van der Waals surface area contributed by atoms with Crippen molar-refractivity contribution in [3.63, 3.8) is 0 Å². The molecule has 0 atom stereocenters. The summed E-state index contributed by atoms with van der Waals surface area (Å²) >= 11 is 0. The Morgan fingerprint density at radius 3 is 2.18 bits per heavy atom. The first kappa shape index (κ1) is 16.3. The summed E-state index contributed by atoms with van der Waals surface area (Å²) in [5, 5.41) is 17.7. The molecule has 17 heavy (non-hydrogen) atoms. The maximum absolute atomic E-state index is 11.7. The molecule has 0 aromatic carbocycles. The number of hydrogen-bond donors (Lipinski definition) is 3. The molecular weight excluding hydrogens is 246 g/mol. The topological polar surface area (TPSA) is 104 Å². The van der Waals surface area contributed by atoms with Crippen LogP contribution in [0.25, 0.3) is 0 Å². The van der Waals surface area contributed by atoms with E-state index >= 15 is 0 Å². The molecule has 0 aromatic heterocycles. The Morgan fingerprint density at radius 2 is 1.82 bits per heavy atom. The van der Waals surface area contributed by atoms with Crippen molar-refractivity contribution in [2.75, 3.05) is 12.4 Å². The van der Waals surface area contributed by atoms with Crippen LogP contribution in [-0.4, -0.2) is 42.5 Å². The van der Waals surface area contributed by atoms with Crippen LogP contribution in [0.2, 0.25) is 0 Å². The molecule has 0 spiro atoms. The molecule has 0 aliphatic rings.